The number of hydrogen-bond acceptors (Lipinski definition) is 4. The van der Waals surface area contributed by atoms with Crippen LogP contribution < -0.4 is 5.73 Å². The normalized spacial score (nSPS) is 14.5. The van der Waals surface area contributed by atoms with Crippen LogP contribution in [0.5, 0.6) is 0 Å². The Labute approximate surface area is 109 Å². The van der Waals surface area contributed by atoms with Crippen LogP contribution in [0.1, 0.15) is 26.1 Å². The van der Waals surface area contributed by atoms with Crippen molar-refractivity contribution in [2.45, 2.75) is 25.8 Å². The van der Waals surface area contributed by atoms with Gasteiger partial charge in [0.15, 0.2) is 5.82 Å². The van der Waals surface area contributed by atoms with Gasteiger partial charge in [-0.05, 0) is 31.5 Å². The lowest BCUT2D eigenvalue weighted by Gasteiger charge is -2.16. The van der Waals surface area contributed by atoms with Gasteiger partial charge in [0.1, 0.15) is 5.82 Å². The summed E-state index contributed by atoms with van der Waals surface area (Å²) in [6.45, 7) is 3.70. The van der Waals surface area contributed by atoms with Crippen LogP contribution >= 0.6 is 11.6 Å². The number of hydrogen-bond donors (Lipinski definition) is 1. The first-order valence-corrected chi connectivity index (χ1v) is 5.90. The molecule has 6 heteroatoms. The van der Waals surface area contributed by atoms with E-state index in [0.717, 1.165) is 0 Å². The molecule has 0 aliphatic heterocycles. The highest BCUT2D eigenvalue weighted by molar-refractivity contribution is 6.30. The first-order valence-electron chi connectivity index (χ1n) is 5.52. The second-order valence-electron chi connectivity index (χ2n) is 4.32. The minimum absolute atomic E-state index is 0.0788. The van der Waals surface area contributed by atoms with Gasteiger partial charge in [-0.2, -0.15) is 4.98 Å². The number of nitrogens with zero attached hydrogens (tertiary/aromatic N) is 2. The third-order valence-electron chi connectivity index (χ3n) is 2.83. The molecule has 1 aromatic carbocycles. The fraction of sp³-hybridized carbons (Fsp3) is 0.333. The van der Waals surface area contributed by atoms with E-state index in [9.17, 15) is 4.39 Å². The van der Waals surface area contributed by atoms with Crippen molar-refractivity contribution in [1.29, 1.82) is 0 Å². The zero-order valence-corrected chi connectivity index (χ0v) is 10.8. The Morgan fingerprint density at radius 3 is 2.89 bits per heavy atom. The van der Waals surface area contributed by atoms with Crippen LogP contribution in [0, 0.1) is 5.82 Å². The van der Waals surface area contributed by atoms with Gasteiger partial charge < -0.3 is 10.3 Å². The van der Waals surface area contributed by atoms with Crippen LogP contribution in [-0.2, 0) is 5.54 Å². The molecule has 0 amide bonds. The average Bonchev–Trinajstić information content (AvgIpc) is 2.82. The zero-order valence-electron chi connectivity index (χ0n) is 10.1. The Hall–Kier alpha value is -1.46. The average molecular weight is 270 g/mol. The molecule has 96 valence electrons. The van der Waals surface area contributed by atoms with Crippen molar-refractivity contribution >= 4 is 11.6 Å². The maximum atomic E-state index is 13.6. The van der Waals surface area contributed by atoms with E-state index >= 15 is 0 Å². The highest BCUT2D eigenvalue weighted by atomic mass is 35.5. The lowest BCUT2D eigenvalue weighted by atomic mass is 10.00. The number of halogens is 2. The van der Waals surface area contributed by atoms with Gasteiger partial charge in [-0.15, -0.1) is 0 Å². The molecule has 4 nitrogen and oxygen atoms in total. The van der Waals surface area contributed by atoms with Gasteiger partial charge in [0, 0.05) is 5.02 Å². The van der Waals surface area contributed by atoms with E-state index in [1.54, 1.807) is 6.92 Å². The molecule has 1 heterocycles. The van der Waals surface area contributed by atoms with Crippen LogP contribution in [0.4, 0.5) is 4.39 Å². The van der Waals surface area contributed by atoms with Crippen LogP contribution in [0.3, 0.4) is 0 Å². The molecular weight excluding hydrogens is 257 g/mol. The predicted molar refractivity (Wildman–Crippen MR) is 66.5 cm³/mol. The molecule has 2 N–H and O–H groups in total. The van der Waals surface area contributed by atoms with Gasteiger partial charge in [0.25, 0.3) is 5.89 Å². The second-order valence-corrected chi connectivity index (χ2v) is 4.75. The fourth-order valence-corrected chi connectivity index (χ4v) is 1.56. The number of aromatic nitrogens is 2. The number of nitrogens with two attached hydrogens (primary N) is 1. The minimum atomic E-state index is -0.698. The van der Waals surface area contributed by atoms with Crippen LogP contribution in [-0.4, -0.2) is 10.1 Å². The van der Waals surface area contributed by atoms with Gasteiger partial charge in [-0.3, -0.25) is 0 Å². The predicted octanol–water partition coefficient (Wildman–Crippen LogP) is 3.11. The first-order chi connectivity index (χ1) is 8.44. The van der Waals surface area contributed by atoms with Crippen molar-refractivity contribution in [3.63, 3.8) is 0 Å². The topological polar surface area (TPSA) is 64.9 Å². The van der Waals surface area contributed by atoms with Crippen molar-refractivity contribution in [1.82, 2.24) is 10.1 Å². The van der Waals surface area contributed by atoms with Gasteiger partial charge in [-0.1, -0.05) is 23.7 Å². The quantitative estimate of drug-likeness (QED) is 0.930. The molecule has 0 radical (unpaired) electrons. The van der Waals surface area contributed by atoms with E-state index in [-0.39, 0.29) is 11.5 Å². The van der Waals surface area contributed by atoms with E-state index in [1.165, 1.54) is 18.2 Å². The van der Waals surface area contributed by atoms with E-state index in [4.69, 9.17) is 21.9 Å². The fourth-order valence-electron chi connectivity index (χ4n) is 1.38. The standard InChI is InChI=1S/C12H13ClFN3O/c1-3-12(2,15)11-16-10(18-17-11)8-6-7(13)4-5-9(8)14/h4-6H,3,15H2,1-2H3. The lowest BCUT2D eigenvalue weighted by molar-refractivity contribution is 0.378. The van der Waals surface area contributed by atoms with Crippen molar-refractivity contribution in [3.05, 3.63) is 34.9 Å². The Balaban J connectivity index is 2.44. The minimum Gasteiger partial charge on any atom is -0.334 e. The summed E-state index contributed by atoms with van der Waals surface area (Å²) < 4.78 is 18.7. The van der Waals surface area contributed by atoms with E-state index in [1.807, 2.05) is 6.92 Å². The molecule has 1 unspecified atom stereocenters. The molecule has 0 saturated carbocycles. The highest BCUT2D eigenvalue weighted by Gasteiger charge is 2.26. The molecule has 0 fully saturated rings. The number of rotatable bonds is 3. The maximum Gasteiger partial charge on any atom is 0.261 e. The molecule has 0 aliphatic carbocycles. The third kappa shape index (κ3) is 2.37. The molecule has 18 heavy (non-hydrogen) atoms. The maximum absolute atomic E-state index is 13.6. The van der Waals surface area contributed by atoms with Crippen molar-refractivity contribution in [3.8, 4) is 11.5 Å². The van der Waals surface area contributed by atoms with Crippen molar-refractivity contribution in [2.24, 2.45) is 5.73 Å². The Kier molecular flexibility index (Phi) is 3.36. The summed E-state index contributed by atoms with van der Waals surface area (Å²) >= 11 is 5.81. The largest absolute Gasteiger partial charge is 0.334 e. The van der Waals surface area contributed by atoms with Crippen LogP contribution in [0.2, 0.25) is 5.02 Å². The Bertz CT molecular complexity index is 568. The molecule has 1 aromatic heterocycles. The zero-order chi connectivity index (χ0) is 13.3. The second kappa shape index (κ2) is 4.66. The molecule has 0 saturated heterocycles. The Morgan fingerprint density at radius 2 is 2.22 bits per heavy atom. The number of benzene rings is 1. The molecule has 2 aromatic rings. The van der Waals surface area contributed by atoms with Gasteiger partial charge in [0.05, 0.1) is 11.1 Å². The summed E-state index contributed by atoms with van der Waals surface area (Å²) in [5.74, 6) is -0.0423. The van der Waals surface area contributed by atoms with Crippen LogP contribution in [0.25, 0.3) is 11.5 Å². The monoisotopic (exact) mass is 269 g/mol. The summed E-state index contributed by atoms with van der Waals surface area (Å²) in [5, 5.41) is 4.19. The van der Waals surface area contributed by atoms with Gasteiger partial charge >= 0.3 is 0 Å². The molecule has 0 aliphatic rings. The van der Waals surface area contributed by atoms with Crippen molar-refractivity contribution in [2.75, 3.05) is 0 Å². The highest BCUT2D eigenvalue weighted by Crippen LogP contribution is 2.27. The third-order valence-corrected chi connectivity index (χ3v) is 3.07. The molecule has 0 bridgehead atoms. The summed E-state index contributed by atoms with van der Waals surface area (Å²) in [4.78, 5) is 4.12. The van der Waals surface area contributed by atoms with E-state index in [2.05, 4.69) is 10.1 Å². The smallest absolute Gasteiger partial charge is 0.261 e. The molecule has 1 atom stereocenters. The van der Waals surface area contributed by atoms with Crippen molar-refractivity contribution < 1.29 is 8.91 Å². The summed E-state index contributed by atoms with van der Waals surface area (Å²) in [6.07, 6.45) is 0.643. The first kappa shape index (κ1) is 13.0. The summed E-state index contributed by atoms with van der Waals surface area (Å²) in [7, 11) is 0. The summed E-state index contributed by atoms with van der Waals surface area (Å²) in [6, 6.07) is 4.15. The Morgan fingerprint density at radius 1 is 1.50 bits per heavy atom. The SMILES string of the molecule is CCC(C)(N)c1noc(-c2cc(Cl)ccc2F)n1. The molecule has 0 spiro atoms. The summed E-state index contributed by atoms with van der Waals surface area (Å²) in [5.41, 5.74) is 5.47. The lowest BCUT2D eigenvalue weighted by Crippen LogP contribution is -2.33. The van der Waals surface area contributed by atoms with Gasteiger partial charge in [-0.25, -0.2) is 4.39 Å². The van der Waals surface area contributed by atoms with Crippen LogP contribution in [0.15, 0.2) is 22.7 Å². The van der Waals surface area contributed by atoms with E-state index in [0.29, 0.717) is 17.3 Å². The molecular formula is C12H13ClFN3O. The van der Waals surface area contributed by atoms with E-state index < -0.39 is 11.4 Å². The molecule has 2 rings (SSSR count). The van der Waals surface area contributed by atoms with Gasteiger partial charge in [0.2, 0.25) is 0 Å².